The first-order valence-electron chi connectivity index (χ1n) is 6.34. The Morgan fingerprint density at radius 2 is 2.00 bits per heavy atom. The lowest BCUT2D eigenvalue weighted by atomic mass is 10.2. The molecule has 0 radical (unpaired) electrons. The summed E-state index contributed by atoms with van der Waals surface area (Å²) in [7, 11) is 0. The molecule has 5 heteroatoms. The van der Waals surface area contributed by atoms with Crippen molar-refractivity contribution in [1.29, 1.82) is 0 Å². The summed E-state index contributed by atoms with van der Waals surface area (Å²) < 4.78 is 6.43. The average Bonchev–Trinajstić information content (AvgIpc) is 2.82. The van der Waals surface area contributed by atoms with Crippen molar-refractivity contribution < 1.29 is 9.53 Å². The largest absolute Gasteiger partial charge is 0.458 e. The Morgan fingerprint density at radius 1 is 1.37 bits per heavy atom. The highest BCUT2D eigenvalue weighted by Crippen LogP contribution is 2.14. The predicted octanol–water partition coefficient (Wildman–Crippen LogP) is 3.35. The lowest BCUT2D eigenvalue weighted by Crippen LogP contribution is -2.31. The van der Waals surface area contributed by atoms with E-state index in [1.165, 1.54) is 12.8 Å². The van der Waals surface area contributed by atoms with E-state index < -0.39 is 0 Å². The fourth-order valence-corrected chi connectivity index (χ4v) is 2.85. The van der Waals surface area contributed by atoms with Gasteiger partial charge in [-0.15, -0.1) is 12.4 Å². The number of rotatable bonds is 4. The minimum absolute atomic E-state index is 0. The molecule has 1 aromatic carbocycles. The van der Waals surface area contributed by atoms with Gasteiger partial charge in [-0.2, -0.15) is 0 Å². The number of carbonyl (C=O) groups is 1. The lowest BCUT2D eigenvalue weighted by molar-refractivity contribution is 0.0270. The highest BCUT2D eigenvalue weighted by molar-refractivity contribution is 14.1. The van der Waals surface area contributed by atoms with Gasteiger partial charge in [0.2, 0.25) is 0 Å². The van der Waals surface area contributed by atoms with Crippen LogP contribution < -0.4 is 0 Å². The highest BCUT2D eigenvalue weighted by Gasteiger charge is 2.18. The van der Waals surface area contributed by atoms with Gasteiger partial charge in [0.15, 0.2) is 0 Å². The molecule has 2 rings (SSSR count). The zero-order valence-corrected chi connectivity index (χ0v) is 13.9. The van der Waals surface area contributed by atoms with E-state index in [9.17, 15) is 4.79 Å². The van der Waals surface area contributed by atoms with Crippen molar-refractivity contribution in [3.05, 3.63) is 33.4 Å². The second-order valence-electron chi connectivity index (χ2n) is 4.70. The van der Waals surface area contributed by atoms with Crippen LogP contribution in [0.15, 0.2) is 24.3 Å². The van der Waals surface area contributed by atoms with E-state index in [0.717, 1.165) is 23.2 Å². The second kappa shape index (κ2) is 8.07. The van der Waals surface area contributed by atoms with E-state index in [1.807, 2.05) is 31.2 Å². The van der Waals surface area contributed by atoms with Gasteiger partial charge >= 0.3 is 5.97 Å². The zero-order valence-electron chi connectivity index (χ0n) is 11.0. The van der Waals surface area contributed by atoms with Crippen LogP contribution in [0, 0.1) is 3.57 Å². The molecule has 1 unspecified atom stereocenters. The third-order valence-corrected chi connectivity index (χ3v) is 4.06. The first-order chi connectivity index (χ1) is 8.66. The molecule has 1 heterocycles. The molecule has 0 N–H and O–H groups in total. The number of likely N-dealkylation sites (tertiary alicyclic amines) is 1. The van der Waals surface area contributed by atoms with E-state index >= 15 is 0 Å². The molecule has 1 fully saturated rings. The molecular weight excluding hydrogens is 377 g/mol. The minimum Gasteiger partial charge on any atom is -0.458 e. The Bertz CT molecular complexity index is 422. The summed E-state index contributed by atoms with van der Waals surface area (Å²) >= 11 is 2.16. The number of hydrogen-bond donors (Lipinski definition) is 0. The quantitative estimate of drug-likeness (QED) is 0.578. The smallest absolute Gasteiger partial charge is 0.339 e. The van der Waals surface area contributed by atoms with Crippen molar-refractivity contribution >= 4 is 41.0 Å². The maximum Gasteiger partial charge on any atom is 0.339 e. The molecule has 0 aromatic heterocycles. The van der Waals surface area contributed by atoms with Gasteiger partial charge in [-0.3, -0.25) is 4.90 Å². The third kappa shape index (κ3) is 4.93. The van der Waals surface area contributed by atoms with Crippen LogP contribution in [0.4, 0.5) is 0 Å². The van der Waals surface area contributed by atoms with Gasteiger partial charge in [-0.05, 0) is 67.6 Å². The number of hydrogen-bond acceptors (Lipinski definition) is 3. The fraction of sp³-hybridized carbons (Fsp3) is 0.500. The van der Waals surface area contributed by atoms with Crippen LogP contribution in [0.1, 0.15) is 30.1 Å². The topological polar surface area (TPSA) is 29.5 Å². The van der Waals surface area contributed by atoms with Gasteiger partial charge < -0.3 is 4.74 Å². The van der Waals surface area contributed by atoms with Crippen molar-refractivity contribution in [1.82, 2.24) is 4.90 Å². The maximum atomic E-state index is 12.0. The summed E-state index contributed by atoms with van der Waals surface area (Å²) in [4.78, 5) is 14.4. The SMILES string of the molecule is CC(CN1CCCC1)OC(=O)c1ccccc1I.Cl. The van der Waals surface area contributed by atoms with Gasteiger partial charge in [0.05, 0.1) is 5.56 Å². The lowest BCUT2D eigenvalue weighted by Gasteiger charge is -2.20. The van der Waals surface area contributed by atoms with Crippen LogP contribution in [0.3, 0.4) is 0 Å². The van der Waals surface area contributed by atoms with Gasteiger partial charge in [-0.25, -0.2) is 4.79 Å². The second-order valence-corrected chi connectivity index (χ2v) is 5.87. The molecule has 3 nitrogen and oxygen atoms in total. The van der Waals surface area contributed by atoms with E-state index in [-0.39, 0.29) is 24.5 Å². The molecule has 1 saturated heterocycles. The van der Waals surface area contributed by atoms with Gasteiger partial charge in [-0.1, -0.05) is 12.1 Å². The van der Waals surface area contributed by atoms with Crippen molar-refractivity contribution in [2.75, 3.05) is 19.6 Å². The van der Waals surface area contributed by atoms with Crippen molar-refractivity contribution in [3.63, 3.8) is 0 Å². The average molecular weight is 396 g/mol. The van der Waals surface area contributed by atoms with E-state index in [4.69, 9.17) is 4.74 Å². The molecule has 19 heavy (non-hydrogen) atoms. The number of esters is 1. The summed E-state index contributed by atoms with van der Waals surface area (Å²) in [5.41, 5.74) is 0.659. The number of halogens is 2. The van der Waals surface area contributed by atoms with Gasteiger partial charge in [0.25, 0.3) is 0 Å². The van der Waals surface area contributed by atoms with E-state index in [1.54, 1.807) is 0 Å². The molecule has 106 valence electrons. The van der Waals surface area contributed by atoms with Crippen LogP contribution in [0.2, 0.25) is 0 Å². The Labute approximate surface area is 134 Å². The summed E-state index contributed by atoms with van der Waals surface area (Å²) in [6.45, 7) is 5.07. The van der Waals surface area contributed by atoms with Gasteiger partial charge in [0, 0.05) is 10.1 Å². The third-order valence-electron chi connectivity index (χ3n) is 3.12. The van der Waals surface area contributed by atoms with Crippen molar-refractivity contribution in [2.24, 2.45) is 0 Å². The summed E-state index contributed by atoms with van der Waals surface area (Å²) in [6.07, 6.45) is 2.47. The van der Waals surface area contributed by atoms with E-state index in [0.29, 0.717) is 5.56 Å². The highest BCUT2D eigenvalue weighted by atomic mass is 127. The molecule has 0 aliphatic carbocycles. The Kier molecular flexibility index (Phi) is 7.10. The molecule has 0 bridgehead atoms. The van der Waals surface area contributed by atoms with Gasteiger partial charge in [0.1, 0.15) is 6.10 Å². The van der Waals surface area contributed by atoms with E-state index in [2.05, 4.69) is 27.5 Å². The summed E-state index contributed by atoms with van der Waals surface area (Å²) in [6, 6.07) is 7.52. The summed E-state index contributed by atoms with van der Waals surface area (Å²) in [5.74, 6) is -0.216. The maximum absolute atomic E-state index is 12.0. The van der Waals surface area contributed by atoms with Crippen LogP contribution >= 0.6 is 35.0 Å². The van der Waals surface area contributed by atoms with Crippen LogP contribution in [-0.2, 0) is 4.74 Å². The molecule has 1 atom stereocenters. The zero-order chi connectivity index (χ0) is 13.0. The Hall–Kier alpha value is -0.330. The molecule has 0 amide bonds. The minimum atomic E-state index is -0.216. The molecule has 0 saturated carbocycles. The standard InChI is InChI=1S/C14H18INO2.ClH/c1-11(10-16-8-4-5-9-16)18-14(17)12-6-2-3-7-13(12)15;/h2-3,6-7,11H,4-5,8-10H2,1H3;1H. The molecule has 1 aliphatic rings. The van der Waals surface area contributed by atoms with Crippen LogP contribution in [-0.4, -0.2) is 36.6 Å². The molecule has 1 aliphatic heterocycles. The van der Waals surface area contributed by atoms with Crippen molar-refractivity contribution in [3.8, 4) is 0 Å². The Morgan fingerprint density at radius 3 is 2.63 bits per heavy atom. The molecule has 0 spiro atoms. The van der Waals surface area contributed by atoms with Crippen LogP contribution in [0.25, 0.3) is 0 Å². The molecule has 1 aromatic rings. The fourth-order valence-electron chi connectivity index (χ4n) is 2.24. The predicted molar refractivity (Wildman–Crippen MR) is 87.0 cm³/mol. The first-order valence-corrected chi connectivity index (χ1v) is 7.42. The van der Waals surface area contributed by atoms with Crippen LogP contribution in [0.5, 0.6) is 0 Å². The number of carbonyl (C=O) groups excluding carboxylic acids is 1. The molecular formula is C14H19ClINO2. The normalized spacial score (nSPS) is 16.7. The van der Waals surface area contributed by atoms with Crippen molar-refractivity contribution in [2.45, 2.75) is 25.9 Å². The monoisotopic (exact) mass is 395 g/mol. The first kappa shape index (κ1) is 16.7. The Balaban J connectivity index is 0.00000180. The number of nitrogens with zero attached hydrogens (tertiary/aromatic N) is 1. The summed E-state index contributed by atoms with van der Waals surface area (Å²) in [5, 5.41) is 0. The number of ether oxygens (including phenoxy) is 1. The number of benzene rings is 1.